The Hall–Kier alpha value is 0.790. The second-order valence-electron chi connectivity index (χ2n) is 8.36. The van der Waals surface area contributed by atoms with Crippen molar-refractivity contribution in [2.75, 3.05) is 27.2 Å². The first-order chi connectivity index (χ1) is 10.7. The summed E-state index contributed by atoms with van der Waals surface area (Å²) in [6.45, 7) is 8.82. The van der Waals surface area contributed by atoms with Gasteiger partial charge in [0, 0.05) is 6.42 Å². The maximum absolute atomic E-state index is 5.91. The van der Waals surface area contributed by atoms with Crippen LogP contribution >= 0.6 is 23.6 Å². The fourth-order valence-corrected chi connectivity index (χ4v) is 2.97. The lowest BCUT2D eigenvalue weighted by Crippen LogP contribution is -3.00. The Morgan fingerprint density at radius 2 is 1.17 bits per heavy atom. The summed E-state index contributed by atoms with van der Waals surface area (Å²) in [5.74, 6) is 0. The summed E-state index contributed by atoms with van der Waals surface area (Å²) in [7, 11) is 4.63. The molecule has 0 aliphatic rings. The van der Waals surface area contributed by atoms with E-state index in [1.54, 1.807) is 0 Å². The highest BCUT2D eigenvalue weighted by Crippen LogP contribution is 2.24. The fraction of sp³-hybridized carbons (Fsp3) is 1.00. The third-order valence-electron chi connectivity index (χ3n) is 4.90. The van der Waals surface area contributed by atoms with Gasteiger partial charge in [-0.1, -0.05) is 58.3 Å². The van der Waals surface area contributed by atoms with Crippen LogP contribution in [-0.2, 0) is 0 Å². The van der Waals surface area contributed by atoms with E-state index >= 15 is 0 Å². The van der Waals surface area contributed by atoms with E-state index in [1.807, 2.05) is 0 Å². The Kier molecular flexibility index (Phi) is 16.8. The molecule has 0 bridgehead atoms. The molecule has 0 unspecified atom stereocenters. The van der Waals surface area contributed by atoms with E-state index < -0.39 is 0 Å². The van der Waals surface area contributed by atoms with E-state index in [-0.39, 0.29) is 17.9 Å². The van der Waals surface area contributed by atoms with Gasteiger partial charge in [0.05, 0.1) is 32.7 Å². The number of halogens is 3. The van der Waals surface area contributed by atoms with Crippen molar-refractivity contribution in [2.24, 2.45) is 0 Å². The number of rotatable bonds is 15. The van der Waals surface area contributed by atoms with Crippen LogP contribution in [0.4, 0.5) is 0 Å². The van der Waals surface area contributed by atoms with E-state index in [0.717, 1.165) is 17.4 Å². The zero-order valence-electron chi connectivity index (χ0n) is 16.7. The zero-order valence-corrected chi connectivity index (χ0v) is 19.0. The average Bonchev–Trinajstić information content (AvgIpc) is 2.47. The summed E-state index contributed by atoms with van der Waals surface area (Å²) in [5, 5.41) is 0. The molecule has 0 aliphatic carbocycles. The molecule has 5 heteroatoms. The number of hydrogen-bond acceptors (Lipinski definition) is 1. The molecular weight excluding hydrogens is 363 g/mol. The minimum Gasteiger partial charge on any atom is -1.00 e. The van der Waals surface area contributed by atoms with Crippen molar-refractivity contribution in [3.63, 3.8) is 0 Å². The zero-order chi connectivity index (χ0) is 17.8. The summed E-state index contributed by atoms with van der Waals surface area (Å²) in [6.07, 6.45) is 15.0. The monoisotopic (exact) mass is 402 g/mol. The van der Waals surface area contributed by atoms with Gasteiger partial charge in [-0.2, -0.15) is 0 Å². The molecule has 0 aromatic rings. The van der Waals surface area contributed by atoms with Crippen molar-refractivity contribution in [3.8, 4) is 0 Å². The predicted molar refractivity (Wildman–Crippen MR) is 106 cm³/mol. The molecule has 0 saturated heterocycles. The van der Waals surface area contributed by atoms with Gasteiger partial charge in [0.25, 0.3) is 0 Å². The van der Waals surface area contributed by atoms with E-state index in [4.69, 9.17) is 23.6 Å². The molecule has 0 saturated carbocycles. The molecule has 0 radical (unpaired) electrons. The Morgan fingerprint density at radius 3 is 1.58 bits per heavy atom. The van der Waals surface area contributed by atoms with Crippen molar-refractivity contribution in [3.05, 3.63) is 0 Å². The molecule has 0 heterocycles. The molecular formula is C19H41Cl3N2. The minimum atomic E-state index is -0.156. The normalized spacial score (nSPS) is 12.5. The maximum atomic E-state index is 5.91. The summed E-state index contributed by atoms with van der Waals surface area (Å²) in [5.41, 5.74) is -0.156. The van der Waals surface area contributed by atoms with Crippen molar-refractivity contribution in [1.29, 1.82) is 0 Å². The Morgan fingerprint density at radius 1 is 0.750 bits per heavy atom. The molecule has 0 fully saturated rings. The number of nitrogens with zero attached hydrogens (tertiary/aromatic N) is 2. The molecule has 24 heavy (non-hydrogen) atoms. The topological polar surface area (TPSA) is 3.24 Å². The highest BCUT2D eigenvalue weighted by molar-refractivity contribution is 6.34. The SMILES string of the molecule is CCCCCCCCCCCC[N+](C)(C)CCC(C)(C)N(Cl)Cl.[Cl-]. The van der Waals surface area contributed by atoms with Gasteiger partial charge in [0.1, 0.15) is 0 Å². The van der Waals surface area contributed by atoms with Gasteiger partial charge in [-0.25, -0.2) is 0 Å². The molecule has 2 nitrogen and oxygen atoms in total. The number of hydrogen-bond donors (Lipinski definition) is 0. The third kappa shape index (κ3) is 15.1. The number of quaternary nitrogens is 1. The smallest absolute Gasteiger partial charge is 0.0801 e. The molecule has 0 aliphatic heterocycles. The second-order valence-corrected chi connectivity index (χ2v) is 9.21. The Bertz CT molecular complexity index is 282. The van der Waals surface area contributed by atoms with Crippen molar-refractivity contribution in [2.45, 2.75) is 96.9 Å². The first kappa shape index (κ1) is 27.0. The maximum Gasteiger partial charge on any atom is 0.0801 e. The van der Waals surface area contributed by atoms with Crippen LogP contribution in [0.3, 0.4) is 0 Å². The largest absolute Gasteiger partial charge is 1.00 e. The van der Waals surface area contributed by atoms with Crippen molar-refractivity contribution in [1.82, 2.24) is 3.94 Å². The predicted octanol–water partition coefficient (Wildman–Crippen LogP) is 3.77. The molecule has 0 atom stereocenters. The molecule has 0 N–H and O–H groups in total. The van der Waals surface area contributed by atoms with E-state index in [9.17, 15) is 0 Å². The lowest BCUT2D eigenvalue weighted by Gasteiger charge is -2.35. The first-order valence-corrected chi connectivity index (χ1v) is 10.3. The van der Waals surface area contributed by atoms with Crippen LogP contribution in [0.25, 0.3) is 0 Å². The van der Waals surface area contributed by atoms with Gasteiger partial charge < -0.3 is 16.9 Å². The standard InChI is InChI=1S/C19H41Cl2N2.ClH/c1-6-7-8-9-10-11-12-13-14-15-17-23(4,5)18-16-19(2,3)22(20)21;/h6-18H2,1-5H3;1H/q+1;/p-1. The van der Waals surface area contributed by atoms with Crippen LogP contribution in [0.5, 0.6) is 0 Å². The van der Waals surface area contributed by atoms with Gasteiger partial charge >= 0.3 is 0 Å². The summed E-state index contributed by atoms with van der Waals surface area (Å²) in [6, 6.07) is 0. The Labute approximate surface area is 168 Å². The molecule has 0 aromatic heterocycles. The van der Waals surface area contributed by atoms with E-state index in [0.29, 0.717) is 0 Å². The van der Waals surface area contributed by atoms with Gasteiger partial charge in [-0.15, -0.1) is 3.94 Å². The highest BCUT2D eigenvalue weighted by Gasteiger charge is 2.28. The fourth-order valence-electron chi connectivity index (χ4n) is 2.80. The molecule has 148 valence electrons. The van der Waals surface area contributed by atoms with Gasteiger partial charge in [0.2, 0.25) is 0 Å². The van der Waals surface area contributed by atoms with Gasteiger partial charge in [0.15, 0.2) is 0 Å². The minimum absolute atomic E-state index is 0. The second kappa shape index (κ2) is 14.9. The van der Waals surface area contributed by atoms with Crippen LogP contribution in [0.15, 0.2) is 0 Å². The summed E-state index contributed by atoms with van der Waals surface area (Å²) >= 11 is 11.8. The Balaban J connectivity index is 0. The lowest BCUT2D eigenvalue weighted by molar-refractivity contribution is -0.891. The lowest BCUT2D eigenvalue weighted by atomic mass is 10.0. The van der Waals surface area contributed by atoms with E-state index in [1.165, 1.54) is 74.7 Å². The summed E-state index contributed by atoms with van der Waals surface area (Å²) < 4.78 is 2.36. The number of unbranched alkanes of at least 4 members (excludes halogenated alkanes) is 9. The van der Waals surface area contributed by atoms with Crippen LogP contribution in [0, 0.1) is 0 Å². The average molecular weight is 404 g/mol. The molecule has 0 spiro atoms. The highest BCUT2D eigenvalue weighted by atomic mass is 35.5. The van der Waals surface area contributed by atoms with Crippen molar-refractivity contribution >= 4 is 23.6 Å². The molecule has 0 rings (SSSR count). The van der Waals surface area contributed by atoms with Crippen LogP contribution in [0.1, 0.15) is 91.4 Å². The molecule has 0 amide bonds. The summed E-state index contributed by atoms with van der Waals surface area (Å²) in [4.78, 5) is 0. The van der Waals surface area contributed by atoms with Gasteiger partial charge in [-0.3, -0.25) is 0 Å². The van der Waals surface area contributed by atoms with Crippen molar-refractivity contribution < 1.29 is 16.9 Å². The van der Waals surface area contributed by atoms with Gasteiger partial charge in [-0.05, 0) is 50.2 Å². The first-order valence-electron chi connectivity index (χ1n) is 9.65. The molecule has 0 aromatic carbocycles. The van der Waals surface area contributed by atoms with E-state index in [2.05, 4.69) is 34.9 Å². The third-order valence-corrected chi connectivity index (χ3v) is 5.82. The van der Waals surface area contributed by atoms with Crippen LogP contribution < -0.4 is 12.4 Å². The van der Waals surface area contributed by atoms with Crippen LogP contribution in [0.2, 0.25) is 0 Å². The van der Waals surface area contributed by atoms with Crippen LogP contribution in [-0.4, -0.2) is 41.1 Å². The quantitative estimate of drug-likeness (QED) is 0.228.